The first-order valence-corrected chi connectivity index (χ1v) is 8.00. The molecule has 2 atom stereocenters. The molecule has 2 fully saturated rings. The molecular formula is C15H27N3O3. The molecule has 2 aliphatic rings. The van der Waals surface area contributed by atoms with Crippen molar-refractivity contribution in [3.8, 4) is 0 Å². The molecule has 21 heavy (non-hydrogen) atoms. The van der Waals surface area contributed by atoms with Gasteiger partial charge >= 0.3 is 5.97 Å². The Labute approximate surface area is 126 Å². The SMILES string of the molecule is CCC(C)(NC(=O)C1CCCN1C1CCNCC1)C(=O)O. The number of likely N-dealkylation sites (tertiary alicyclic amines) is 1. The average Bonchev–Trinajstić information content (AvgIpc) is 2.97. The lowest BCUT2D eigenvalue weighted by Gasteiger charge is -2.36. The Hall–Kier alpha value is -1.14. The van der Waals surface area contributed by atoms with E-state index in [9.17, 15) is 14.7 Å². The van der Waals surface area contributed by atoms with Crippen LogP contribution in [0.5, 0.6) is 0 Å². The van der Waals surface area contributed by atoms with Crippen molar-refractivity contribution < 1.29 is 14.7 Å². The fourth-order valence-electron chi connectivity index (χ4n) is 3.29. The van der Waals surface area contributed by atoms with Crippen molar-refractivity contribution in [1.29, 1.82) is 0 Å². The van der Waals surface area contributed by atoms with E-state index < -0.39 is 11.5 Å². The summed E-state index contributed by atoms with van der Waals surface area (Å²) in [6.45, 7) is 6.30. The van der Waals surface area contributed by atoms with E-state index in [4.69, 9.17) is 0 Å². The number of nitrogens with one attached hydrogen (secondary N) is 2. The lowest BCUT2D eigenvalue weighted by Crippen LogP contribution is -2.58. The lowest BCUT2D eigenvalue weighted by atomic mass is 9.97. The third-order valence-electron chi connectivity index (χ3n) is 4.95. The Morgan fingerprint density at radius 2 is 2.00 bits per heavy atom. The van der Waals surface area contributed by atoms with Crippen molar-refractivity contribution in [2.24, 2.45) is 0 Å². The number of rotatable bonds is 5. The Balaban J connectivity index is 2.01. The summed E-state index contributed by atoms with van der Waals surface area (Å²) in [7, 11) is 0. The fraction of sp³-hybridized carbons (Fsp3) is 0.867. The molecule has 0 aliphatic carbocycles. The summed E-state index contributed by atoms with van der Waals surface area (Å²) in [6.07, 6.45) is 4.35. The number of hydrogen-bond donors (Lipinski definition) is 3. The Morgan fingerprint density at radius 3 is 2.57 bits per heavy atom. The minimum absolute atomic E-state index is 0.127. The molecule has 2 aliphatic heterocycles. The monoisotopic (exact) mass is 297 g/mol. The minimum Gasteiger partial charge on any atom is -0.480 e. The van der Waals surface area contributed by atoms with Crippen molar-refractivity contribution in [2.45, 2.75) is 63.6 Å². The van der Waals surface area contributed by atoms with Gasteiger partial charge < -0.3 is 15.7 Å². The highest BCUT2D eigenvalue weighted by Crippen LogP contribution is 2.25. The summed E-state index contributed by atoms with van der Waals surface area (Å²) >= 11 is 0. The molecule has 0 aromatic rings. The lowest BCUT2D eigenvalue weighted by molar-refractivity contribution is -0.148. The van der Waals surface area contributed by atoms with Crippen molar-refractivity contribution in [1.82, 2.24) is 15.5 Å². The molecule has 120 valence electrons. The van der Waals surface area contributed by atoms with Crippen molar-refractivity contribution in [2.75, 3.05) is 19.6 Å². The van der Waals surface area contributed by atoms with Crippen LogP contribution in [0, 0.1) is 0 Å². The molecule has 2 unspecified atom stereocenters. The minimum atomic E-state index is -1.17. The zero-order chi connectivity index (χ0) is 15.5. The number of carboxylic acids is 1. The molecule has 2 heterocycles. The van der Waals surface area contributed by atoms with Crippen LogP contribution in [-0.2, 0) is 9.59 Å². The van der Waals surface area contributed by atoms with E-state index in [-0.39, 0.29) is 11.9 Å². The zero-order valence-corrected chi connectivity index (χ0v) is 13.0. The van der Waals surface area contributed by atoms with Crippen LogP contribution in [0.3, 0.4) is 0 Å². The zero-order valence-electron chi connectivity index (χ0n) is 13.0. The molecule has 0 bridgehead atoms. The highest BCUT2D eigenvalue weighted by molar-refractivity contribution is 5.89. The maximum absolute atomic E-state index is 12.5. The van der Waals surface area contributed by atoms with Gasteiger partial charge in [-0.05, 0) is 58.7 Å². The highest BCUT2D eigenvalue weighted by atomic mass is 16.4. The molecular weight excluding hydrogens is 270 g/mol. The van der Waals surface area contributed by atoms with Crippen molar-refractivity contribution >= 4 is 11.9 Å². The first-order valence-electron chi connectivity index (χ1n) is 8.00. The van der Waals surface area contributed by atoms with Crippen LogP contribution in [0.4, 0.5) is 0 Å². The molecule has 6 nitrogen and oxygen atoms in total. The predicted molar refractivity (Wildman–Crippen MR) is 80.1 cm³/mol. The van der Waals surface area contributed by atoms with E-state index in [1.807, 2.05) is 0 Å². The molecule has 2 saturated heterocycles. The van der Waals surface area contributed by atoms with Crippen LogP contribution >= 0.6 is 0 Å². The third-order valence-corrected chi connectivity index (χ3v) is 4.95. The van der Waals surface area contributed by atoms with Gasteiger partial charge in [-0.3, -0.25) is 9.69 Å². The molecule has 0 radical (unpaired) electrons. The maximum atomic E-state index is 12.5. The molecule has 2 rings (SSSR count). The normalized spacial score (nSPS) is 27.2. The molecule has 1 amide bonds. The highest BCUT2D eigenvalue weighted by Gasteiger charge is 2.40. The number of hydrogen-bond acceptors (Lipinski definition) is 4. The van der Waals surface area contributed by atoms with Gasteiger partial charge in [0, 0.05) is 6.04 Å². The van der Waals surface area contributed by atoms with Crippen LogP contribution in [0.1, 0.15) is 46.0 Å². The number of carboxylic acid groups (broad SMARTS) is 1. The van der Waals surface area contributed by atoms with E-state index in [0.717, 1.165) is 45.3 Å². The first-order chi connectivity index (χ1) is 9.98. The molecule has 3 N–H and O–H groups in total. The van der Waals surface area contributed by atoms with Crippen LogP contribution in [0.25, 0.3) is 0 Å². The number of carbonyl (C=O) groups is 2. The summed E-state index contributed by atoms with van der Waals surface area (Å²) in [4.78, 5) is 26.2. The van der Waals surface area contributed by atoms with Gasteiger partial charge in [-0.25, -0.2) is 4.79 Å². The predicted octanol–water partition coefficient (Wildman–Crippen LogP) is 0.572. The topological polar surface area (TPSA) is 81.7 Å². The Morgan fingerprint density at radius 1 is 1.33 bits per heavy atom. The molecule has 0 spiro atoms. The van der Waals surface area contributed by atoms with E-state index in [1.165, 1.54) is 0 Å². The summed E-state index contributed by atoms with van der Waals surface area (Å²) in [5.41, 5.74) is -1.17. The van der Waals surface area contributed by atoms with E-state index in [0.29, 0.717) is 12.5 Å². The number of piperidine rings is 1. The van der Waals surface area contributed by atoms with Crippen molar-refractivity contribution in [3.05, 3.63) is 0 Å². The second kappa shape index (κ2) is 6.75. The van der Waals surface area contributed by atoms with Crippen LogP contribution < -0.4 is 10.6 Å². The van der Waals surface area contributed by atoms with Gasteiger partial charge in [0.25, 0.3) is 0 Å². The van der Waals surface area contributed by atoms with Crippen LogP contribution in [-0.4, -0.2) is 59.1 Å². The summed E-state index contributed by atoms with van der Waals surface area (Å²) in [5.74, 6) is -1.09. The van der Waals surface area contributed by atoms with E-state index in [2.05, 4.69) is 15.5 Å². The number of amides is 1. The fourth-order valence-corrected chi connectivity index (χ4v) is 3.29. The second-order valence-corrected chi connectivity index (χ2v) is 6.36. The van der Waals surface area contributed by atoms with Gasteiger partial charge in [-0.15, -0.1) is 0 Å². The first kappa shape index (κ1) is 16.2. The molecule has 0 aromatic heterocycles. The summed E-state index contributed by atoms with van der Waals surface area (Å²) < 4.78 is 0. The molecule has 0 saturated carbocycles. The largest absolute Gasteiger partial charge is 0.480 e. The van der Waals surface area contributed by atoms with Crippen LogP contribution in [0.2, 0.25) is 0 Å². The van der Waals surface area contributed by atoms with Crippen LogP contribution in [0.15, 0.2) is 0 Å². The smallest absolute Gasteiger partial charge is 0.329 e. The third kappa shape index (κ3) is 3.55. The second-order valence-electron chi connectivity index (χ2n) is 6.36. The van der Waals surface area contributed by atoms with E-state index >= 15 is 0 Å². The summed E-state index contributed by atoms with van der Waals surface area (Å²) in [5, 5.41) is 15.4. The average molecular weight is 297 g/mol. The molecule has 6 heteroatoms. The van der Waals surface area contributed by atoms with Gasteiger partial charge in [-0.1, -0.05) is 6.92 Å². The quantitative estimate of drug-likeness (QED) is 0.691. The van der Waals surface area contributed by atoms with Gasteiger partial charge in [0.15, 0.2) is 0 Å². The Bertz CT molecular complexity index is 396. The van der Waals surface area contributed by atoms with Gasteiger partial charge in [0.2, 0.25) is 5.91 Å². The van der Waals surface area contributed by atoms with Gasteiger partial charge in [0.05, 0.1) is 6.04 Å². The molecule has 0 aromatic carbocycles. The van der Waals surface area contributed by atoms with Crippen molar-refractivity contribution in [3.63, 3.8) is 0 Å². The van der Waals surface area contributed by atoms with E-state index in [1.54, 1.807) is 13.8 Å². The van der Waals surface area contributed by atoms with Gasteiger partial charge in [-0.2, -0.15) is 0 Å². The number of nitrogens with zero attached hydrogens (tertiary/aromatic N) is 1. The standard InChI is InChI=1S/C15H27N3O3/c1-3-15(2,14(20)21)17-13(19)12-5-4-10-18(12)11-6-8-16-9-7-11/h11-12,16H,3-10H2,1-2H3,(H,17,19)(H,20,21). The number of aliphatic carboxylic acids is 1. The Kier molecular flexibility index (Phi) is 5.22. The summed E-state index contributed by atoms with van der Waals surface area (Å²) in [6, 6.07) is 0.278. The number of carbonyl (C=O) groups excluding carboxylic acids is 1. The van der Waals surface area contributed by atoms with Gasteiger partial charge in [0.1, 0.15) is 5.54 Å². The maximum Gasteiger partial charge on any atom is 0.329 e.